The van der Waals surface area contributed by atoms with E-state index in [0.717, 1.165) is 46.0 Å². The SMILES string of the molecule is c1ccc(-c2cccc(Nc3nc4c(c(Nc5cccc(-c6ccccc6)c5)n3)COCC4)c2)cc1. The van der Waals surface area contributed by atoms with E-state index in [-0.39, 0.29) is 0 Å². The smallest absolute Gasteiger partial charge is 0.229 e. The first kappa shape index (κ1) is 22.0. The van der Waals surface area contributed by atoms with Crippen molar-refractivity contribution in [3.63, 3.8) is 0 Å². The Morgan fingerprint density at radius 2 is 1.17 bits per heavy atom. The monoisotopic (exact) mass is 470 g/mol. The van der Waals surface area contributed by atoms with Crippen LogP contribution < -0.4 is 10.6 Å². The van der Waals surface area contributed by atoms with Gasteiger partial charge in [-0.05, 0) is 46.5 Å². The van der Waals surface area contributed by atoms with Gasteiger partial charge in [-0.25, -0.2) is 4.98 Å². The van der Waals surface area contributed by atoms with Crippen LogP contribution in [0.1, 0.15) is 11.3 Å². The van der Waals surface area contributed by atoms with E-state index in [1.807, 2.05) is 24.3 Å². The molecule has 0 saturated carbocycles. The van der Waals surface area contributed by atoms with Gasteiger partial charge in [-0.15, -0.1) is 0 Å². The molecule has 1 aliphatic rings. The Morgan fingerprint density at radius 1 is 0.583 bits per heavy atom. The maximum atomic E-state index is 5.75. The minimum atomic E-state index is 0.500. The van der Waals surface area contributed by atoms with E-state index in [0.29, 0.717) is 19.2 Å². The number of fused-ring (bicyclic) bond motifs is 1. The summed E-state index contributed by atoms with van der Waals surface area (Å²) in [5, 5.41) is 6.96. The van der Waals surface area contributed by atoms with Gasteiger partial charge in [0.25, 0.3) is 0 Å². The lowest BCUT2D eigenvalue weighted by Crippen LogP contribution is -2.16. The summed E-state index contributed by atoms with van der Waals surface area (Å²) >= 11 is 0. The minimum absolute atomic E-state index is 0.500. The van der Waals surface area contributed by atoms with E-state index in [1.165, 1.54) is 11.1 Å². The van der Waals surface area contributed by atoms with Crippen molar-refractivity contribution >= 4 is 23.1 Å². The molecule has 5 aromatic rings. The van der Waals surface area contributed by atoms with E-state index < -0.39 is 0 Å². The summed E-state index contributed by atoms with van der Waals surface area (Å²) < 4.78 is 5.75. The highest BCUT2D eigenvalue weighted by Crippen LogP contribution is 2.30. The molecule has 0 fully saturated rings. The molecule has 0 aliphatic carbocycles. The molecule has 0 bridgehead atoms. The highest BCUT2D eigenvalue weighted by Gasteiger charge is 2.19. The second kappa shape index (κ2) is 10.0. The molecule has 0 spiro atoms. The van der Waals surface area contributed by atoms with Crippen molar-refractivity contribution in [1.29, 1.82) is 0 Å². The zero-order valence-electron chi connectivity index (χ0n) is 19.8. The van der Waals surface area contributed by atoms with Crippen molar-refractivity contribution < 1.29 is 4.74 Å². The lowest BCUT2D eigenvalue weighted by molar-refractivity contribution is 0.109. The number of benzene rings is 4. The van der Waals surface area contributed by atoms with E-state index in [4.69, 9.17) is 14.7 Å². The molecule has 0 amide bonds. The number of aromatic nitrogens is 2. The van der Waals surface area contributed by atoms with Crippen molar-refractivity contribution in [2.45, 2.75) is 13.0 Å². The molecule has 5 nitrogen and oxygen atoms in total. The third-order valence-electron chi connectivity index (χ3n) is 6.28. The second-order valence-electron chi connectivity index (χ2n) is 8.77. The highest BCUT2D eigenvalue weighted by molar-refractivity contribution is 5.73. The van der Waals surface area contributed by atoms with Crippen LogP contribution in [0.5, 0.6) is 0 Å². The van der Waals surface area contributed by atoms with Crippen LogP contribution in [0.4, 0.5) is 23.1 Å². The van der Waals surface area contributed by atoms with Crippen molar-refractivity contribution in [3.8, 4) is 22.3 Å². The average molecular weight is 471 g/mol. The van der Waals surface area contributed by atoms with Gasteiger partial charge >= 0.3 is 0 Å². The molecule has 0 radical (unpaired) electrons. The van der Waals surface area contributed by atoms with E-state index in [2.05, 4.69) is 95.6 Å². The third kappa shape index (κ3) is 4.83. The van der Waals surface area contributed by atoms with Crippen LogP contribution >= 0.6 is 0 Å². The summed E-state index contributed by atoms with van der Waals surface area (Å²) in [6.07, 6.45) is 0.759. The fraction of sp³-hybridized carbons (Fsp3) is 0.0968. The largest absolute Gasteiger partial charge is 0.376 e. The first-order valence-electron chi connectivity index (χ1n) is 12.1. The Bertz CT molecular complexity index is 1490. The predicted molar refractivity (Wildman–Crippen MR) is 146 cm³/mol. The Hall–Kier alpha value is -4.48. The van der Waals surface area contributed by atoms with Gasteiger partial charge in [0, 0.05) is 23.4 Å². The van der Waals surface area contributed by atoms with Crippen LogP contribution in [0.2, 0.25) is 0 Å². The number of rotatable bonds is 6. The first-order chi connectivity index (χ1) is 17.8. The Morgan fingerprint density at radius 3 is 1.81 bits per heavy atom. The Balaban J connectivity index is 1.31. The van der Waals surface area contributed by atoms with Gasteiger partial charge in [0.1, 0.15) is 5.82 Å². The van der Waals surface area contributed by atoms with Gasteiger partial charge in [0.05, 0.1) is 18.9 Å². The fourth-order valence-corrected chi connectivity index (χ4v) is 4.47. The number of nitrogens with zero attached hydrogens (tertiary/aromatic N) is 2. The second-order valence-corrected chi connectivity index (χ2v) is 8.77. The number of nitrogens with one attached hydrogen (secondary N) is 2. The van der Waals surface area contributed by atoms with Gasteiger partial charge in [-0.3, -0.25) is 0 Å². The van der Waals surface area contributed by atoms with Crippen LogP contribution in [0.3, 0.4) is 0 Å². The molecule has 2 N–H and O–H groups in total. The molecule has 5 heteroatoms. The Kier molecular flexibility index (Phi) is 6.13. The minimum Gasteiger partial charge on any atom is -0.376 e. The molecule has 1 aliphatic heterocycles. The molecule has 0 saturated heterocycles. The number of ether oxygens (including phenoxy) is 1. The highest BCUT2D eigenvalue weighted by atomic mass is 16.5. The molecular formula is C31H26N4O. The topological polar surface area (TPSA) is 59.1 Å². The lowest BCUT2D eigenvalue weighted by atomic mass is 10.1. The zero-order chi connectivity index (χ0) is 24.2. The van der Waals surface area contributed by atoms with Gasteiger partial charge in [-0.2, -0.15) is 4.98 Å². The number of hydrogen-bond acceptors (Lipinski definition) is 5. The molecular weight excluding hydrogens is 444 g/mol. The normalized spacial score (nSPS) is 12.6. The summed E-state index contributed by atoms with van der Waals surface area (Å²) in [6, 6.07) is 37.4. The summed E-state index contributed by atoms with van der Waals surface area (Å²) in [5.74, 6) is 1.34. The molecule has 0 atom stereocenters. The van der Waals surface area contributed by atoms with Gasteiger partial charge in [-0.1, -0.05) is 84.9 Å². The van der Waals surface area contributed by atoms with E-state index in [1.54, 1.807) is 0 Å². The number of hydrogen-bond donors (Lipinski definition) is 2. The first-order valence-corrected chi connectivity index (χ1v) is 12.1. The fourth-order valence-electron chi connectivity index (χ4n) is 4.47. The summed E-state index contributed by atoms with van der Waals surface area (Å²) in [6.45, 7) is 1.16. The Labute approximate surface area is 210 Å². The molecule has 176 valence electrons. The van der Waals surface area contributed by atoms with Crippen LogP contribution in [0.25, 0.3) is 22.3 Å². The van der Waals surface area contributed by atoms with Crippen LogP contribution in [-0.2, 0) is 17.8 Å². The van der Waals surface area contributed by atoms with E-state index >= 15 is 0 Å². The summed E-state index contributed by atoms with van der Waals surface area (Å²) in [7, 11) is 0. The third-order valence-corrected chi connectivity index (χ3v) is 6.28. The van der Waals surface area contributed by atoms with Crippen molar-refractivity contribution in [2.75, 3.05) is 17.2 Å². The lowest BCUT2D eigenvalue weighted by Gasteiger charge is -2.21. The summed E-state index contributed by atoms with van der Waals surface area (Å²) in [4.78, 5) is 9.70. The molecule has 4 aromatic carbocycles. The maximum Gasteiger partial charge on any atom is 0.229 e. The molecule has 2 heterocycles. The van der Waals surface area contributed by atoms with E-state index in [9.17, 15) is 0 Å². The predicted octanol–water partition coefficient (Wildman–Crippen LogP) is 7.37. The van der Waals surface area contributed by atoms with Crippen molar-refractivity contribution in [3.05, 3.63) is 120 Å². The average Bonchev–Trinajstić information content (AvgIpc) is 2.94. The van der Waals surface area contributed by atoms with Gasteiger partial charge < -0.3 is 15.4 Å². The molecule has 36 heavy (non-hydrogen) atoms. The molecule has 0 unspecified atom stereocenters. The zero-order valence-corrected chi connectivity index (χ0v) is 19.8. The van der Waals surface area contributed by atoms with Crippen molar-refractivity contribution in [1.82, 2.24) is 9.97 Å². The standard InChI is InChI=1S/C31H26N4O/c1-3-9-22(10-4-1)24-13-7-15-26(19-24)32-30-28-21-36-18-17-29(28)34-31(35-30)33-27-16-8-14-25(20-27)23-11-5-2-6-12-23/h1-16,19-20H,17-18,21H2,(H2,32,33,34,35). The quantitative estimate of drug-likeness (QED) is 0.271. The van der Waals surface area contributed by atoms with Gasteiger partial charge in [0.2, 0.25) is 5.95 Å². The number of anilines is 4. The summed E-state index contributed by atoms with van der Waals surface area (Å²) in [5.41, 5.74) is 8.58. The van der Waals surface area contributed by atoms with Crippen LogP contribution in [0.15, 0.2) is 109 Å². The maximum absolute atomic E-state index is 5.75. The molecule has 1 aromatic heterocycles. The van der Waals surface area contributed by atoms with Gasteiger partial charge in [0.15, 0.2) is 0 Å². The molecule has 6 rings (SSSR count). The van der Waals surface area contributed by atoms with Crippen LogP contribution in [-0.4, -0.2) is 16.6 Å². The van der Waals surface area contributed by atoms with Crippen LogP contribution in [0, 0.1) is 0 Å². The van der Waals surface area contributed by atoms with Crippen molar-refractivity contribution in [2.24, 2.45) is 0 Å².